The lowest BCUT2D eigenvalue weighted by Gasteiger charge is -2.05. The zero-order valence-electron chi connectivity index (χ0n) is 7.15. The minimum atomic E-state index is -3.38. The van der Waals surface area contributed by atoms with E-state index in [0.29, 0.717) is 6.42 Å². The molecule has 1 saturated heterocycles. The van der Waals surface area contributed by atoms with Crippen LogP contribution in [0.3, 0.4) is 0 Å². The fourth-order valence-electron chi connectivity index (χ4n) is 0.924. The van der Waals surface area contributed by atoms with E-state index in [1.165, 1.54) is 0 Å². The van der Waals surface area contributed by atoms with Crippen molar-refractivity contribution in [1.82, 2.24) is 5.32 Å². The Hall–Kier alpha value is -0.820. The number of amides is 1. The molecule has 0 aromatic heterocycles. The van der Waals surface area contributed by atoms with Crippen LogP contribution in [0.4, 0.5) is 4.79 Å². The van der Waals surface area contributed by atoms with Crippen molar-refractivity contribution in [2.75, 3.05) is 19.5 Å². The predicted octanol–water partition coefficient (Wildman–Crippen LogP) is -0.539. The largest absolute Gasteiger partial charge is 0.447 e. The van der Waals surface area contributed by atoms with Gasteiger partial charge in [0.05, 0.1) is 18.9 Å². The fraction of sp³-hybridized carbons (Fsp3) is 0.833. The quantitative estimate of drug-likeness (QED) is 0.629. The average Bonchev–Trinajstić information content (AvgIpc) is 2.33. The van der Waals surface area contributed by atoms with Crippen LogP contribution in [0.5, 0.6) is 0 Å². The molecule has 0 aromatic rings. The third-order valence-corrected chi connectivity index (χ3v) is 2.10. The number of ether oxygens (including phenoxy) is 1. The van der Waals surface area contributed by atoms with E-state index in [1.807, 2.05) is 0 Å². The molecule has 7 heteroatoms. The molecule has 6 nitrogen and oxygen atoms in total. The number of carbonyl (C=O) groups is 1. The minimum absolute atomic E-state index is 0.0626. The predicted molar refractivity (Wildman–Crippen MR) is 43.7 cm³/mol. The van der Waals surface area contributed by atoms with E-state index in [2.05, 4.69) is 14.2 Å². The van der Waals surface area contributed by atoms with Gasteiger partial charge in [0.25, 0.3) is 10.1 Å². The second-order valence-corrected chi connectivity index (χ2v) is 4.40. The molecule has 1 unspecified atom stereocenters. The van der Waals surface area contributed by atoms with Gasteiger partial charge in [0, 0.05) is 0 Å². The highest BCUT2D eigenvalue weighted by molar-refractivity contribution is 7.85. The van der Waals surface area contributed by atoms with Gasteiger partial charge in [0.2, 0.25) is 0 Å². The van der Waals surface area contributed by atoms with E-state index in [9.17, 15) is 13.2 Å². The van der Waals surface area contributed by atoms with Crippen molar-refractivity contribution in [3.63, 3.8) is 0 Å². The highest BCUT2D eigenvalue weighted by Gasteiger charge is 2.21. The average molecular weight is 209 g/mol. The van der Waals surface area contributed by atoms with Gasteiger partial charge in [-0.25, -0.2) is 4.79 Å². The Kier molecular flexibility index (Phi) is 3.10. The van der Waals surface area contributed by atoms with Crippen LogP contribution in [0.15, 0.2) is 0 Å². The first kappa shape index (κ1) is 10.3. The fourth-order valence-corrected chi connectivity index (χ4v) is 1.32. The summed E-state index contributed by atoms with van der Waals surface area (Å²) in [6, 6.07) is -0.144. The summed E-state index contributed by atoms with van der Waals surface area (Å²) in [7, 11) is -3.38. The van der Waals surface area contributed by atoms with Crippen LogP contribution in [0.2, 0.25) is 0 Å². The maximum absolute atomic E-state index is 10.5. The molecule has 0 aliphatic carbocycles. The van der Waals surface area contributed by atoms with Gasteiger partial charge < -0.3 is 10.1 Å². The number of hydrogen-bond donors (Lipinski definition) is 1. The van der Waals surface area contributed by atoms with Crippen LogP contribution in [0.1, 0.15) is 6.42 Å². The number of nitrogens with one attached hydrogen (secondary N) is 1. The van der Waals surface area contributed by atoms with Gasteiger partial charge in [-0.2, -0.15) is 8.42 Å². The van der Waals surface area contributed by atoms with E-state index < -0.39 is 16.2 Å². The van der Waals surface area contributed by atoms with E-state index in [4.69, 9.17) is 0 Å². The van der Waals surface area contributed by atoms with E-state index in [1.54, 1.807) is 0 Å². The summed E-state index contributed by atoms with van der Waals surface area (Å²) < 4.78 is 30.1. The molecule has 0 spiro atoms. The van der Waals surface area contributed by atoms with E-state index in [-0.39, 0.29) is 19.3 Å². The molecule has 13 heavy (non-hydrogen) atoms. The minimum Gasteiger partial charge on any atom is -0.447 e. The Labute approximate surface area is 76.3 Å². The molecule has 76 valence electrons. The number of alkyl carbamates (subject to hydrolysis) is 1. The lowest BCUT2D eigenvalue weighted by molar-refractivity contribution is 0.175. The number of cyclic esters (lactones) is 1. The topological polar surface area (TPSA) is 81.7 Å². The monoisotopic (exact) mass is 209 g/mol. The third kappa shape index (κ3) is 4.09. The molecule has 1 fully saturated rings. The summed E-state index contributed by atoms with van der Waals surface area (Å²) in [5.41, 5.74) is 0. The van der Waals surface area contributed by atoms with Crippen molar-refractivity contribution >= 4 is 16.2 Å². The Morgan fingerprint density at radius 1 is 1.69 bits per heavy atom. The lowest BCUT2D eigenvalue weighted by Crippen LogP contribution is -2.27. The maximum atomic E-state index is 10.5. The number of rotatable bonds is 4. The van der Waals surface area contributed by atoms with Gasteiger partial charge in [-0.3, -0.25) is 4.18 Å². The molecule has 1 heterocycles. The zero-order valence-corrected chi connectivity index (χ0v) is 7.96. The normalized spacial score (nSPS) is 22.5. The van der Waals surface area contributed by atoms with E-state index in [0.717, 1.165) is 6.26 Å². The van der Waals surface area contributed by atoms with Crippen molar-refractivity contribution in [1.29, 1.82) is 0 Å². The lowest BCUT2D eigenvalue weighted by atomic mass is 10.2. The van der Waals surface area contributed by atoms with Crippen LogP contribution in [-0.4, -0.2) is 40.0 Å². The van der Waals surface area contributed by atoms with Gasteiger partial charge >= 0.3 is 6.09 Å². The van der Waals surface area contributed by atoms with Gasteiger partial charge in [0.1, 0.15) is 6.61 Å². The van der Waals surface area contributed by atoms with Gasteiger partial charge in [-0.1, -0.05) is 0 Å². The van der Waals surface area contributed by atoms with Crippen LogP contribution >= 0.6 is 0 Å². The SMILES string of the molecule is CS(=O)(=O)OCCC1COC(=O)N1. The molecule has 1 rings (SSSR count). The Balaban J connectivity index is 2.17. The second kappa shape index (κ2) is 3.93. The molecule has 0 aromatic carbocycles. The molecule has 0 radical (unpaired) electrons. The summed E-state index contributed by atoms with van der Waals surface area (Å²) >= 11 is 0. The highest BCUT2D eigenvalue weighted by atomic mass is 32.2. The molecular weight excluding hydrogens is 198 g/mol. The van der Waals surface area contributed by atoms with Crippen LogP contribution < -0.4 is 5.32 Å². The molecule has 0 bridgehead atoms. The first-order valence-corrected chi connectivity index (χ1v) is 5.57. The van der Waals surface area contributed by atoms with Crippen molar-refractivity contribution in [2.45, 2.75) is 12.5 Å². The maximum Gasteiger partial charge on any atom is 0.407 e. The number of hydrogen-bond acceptors (Lipinski definition) is 5. The Bertz CT molecular complexity index is 285. The van der Waals surface area contributed by atoms with Crippen LogP contribution in [0, 0.1) is 0 Å². The van der Waals surface area contributed by atoms with Crippen molar-refractivity contribution in [3.8, 4) is 0 Å². The van der Waals surface area contributed by atoms with Crippen molar-refractivity contribution < 1.29 is 22.1 Å². The molecular formula is C6H11NO5S. The molecule has 1 amide bonds. The van der Waals surface area contributed by atoms with E-state index >= 15 is 0 Å². The van der Waals surface area contributed by atoms with Gasteiger partial charge in [0.15, 0.2) is 0 Å². The summed E-state index contributed by atoms with van der Waals surface area (Å²) in [5, 5.41) is 2.50. The van der Waals surface area contributed by atoms with Gasteiger partial charge in [-0.15, -0.1) is 0 Å². The molecule has 1 aliphatic rings. The first-order chi connectivity index (χ1) is 5.97. The van der Waals surface area contributed by atoms with Crippen LogP contribution in [-0.2, 0) is 19.0 Å². The van der Waals surface area contributed by atoms with Gasteiger partial charge in [-0.05, 0) is 6.42 Å². The summed E-state index contributed by atoms with van der Waals surface area (Å²) in [6.45, 7) is 0.332. The Morgan fingerprint density at radius 3 is 2.85 bits per heavy atom. The third-order valence-electron chi connectivity index (χ3n) is 1.50. The molecule has 1 N–H and O–H groups in total. The summed E-state index contributed by atoms with van der Waals surface area (Å²) in [5.74, 6) is 0. The van der Waals surface area contributed by atoms with Crippen molar-refractivity contribution in [2.24, 2.45) is 0 Å². The smallest absolute Gasteiger partial charge is 0.407 e. The second-order valence-electron chi connectivity index (χ2n) is 2.75. The molecule has 1 aliphatic heterocycles. The Morgan fingerprint density at radius 2 is 2.38 bits per heavy atom. The molecule has 0 saturated carbocycles. The standard InChI is InChI=1S/C6H11NO5S/c1-13(9,10)12-3-2-5-4-11-6(8)7-5/h5H,2-4H2,1H3,(H,7,8). The first-order valence-electron chi connectivity index (χ1n) is 3.75. The number of carbonyl (C=O) groups excluding carboxylic acids is 1. The van der Waals surface area contributed by atoms with Crippen molar-refractivity contribution in [3.05, 3.63) is 0 Å². The summed E-state index contributed by atoms with van der Waals surface area (Å²) in [6.07, 6.45) is 0.944. The highest BCUT2D eigenvalue weighted by Crippen LogP contribution is 2.02. The zero-order chi connectivity index (χ0) is 9.90. The summed E-state index contributed by atoms with van der Waals surface area (Å²) in [4.78, 5) is 10.5. The van der Waals surface area contributed by atoms with Crippen LogP contribution in [0.25, 0.3) is 0 Å². The molecule has 1 atom stereocenters.